The summed E-state index contributed by atoms with van der Waals surface area (Å²) < 4.78 is 27.5. The number of allylic oxidation sites excluding steroid dienone is 6. The van der Waals surface area contributed by atoms with Crippen LogP contribution in [-0.2, 0) is 11.2 Å². The zero-order valence-corrected chi connectivity index (χ0v) is 20.1. The second-order valence-corrected chi connectivity index (χ2v) is 9.26. The molecule has 1 saturated heterocycles. The van der Waals surface area contributed by atoms with Gasteiger partial charge in [0.05, 0.1) is 0 Å². The largest absolute Gasteiger partial charge is 0.387 e. The molecule has 0 aromatic heterocycles. The fourth-order valence-electron chi connectivity index (χ4n) is 4.90. The number of hydrogen-bond acceptors (Lipinski definition) is 3. The van der Waals surface area contributed by atoms with Crippen molar-refractivity contribution in [3.05, 3.63) is 94.1 Å². The number of aliphatic hydroxyl groups excluding tert-OH is 1. The van der Waals surface area contributed by atoms with Gasteiger partial charge in [-0.25, -0.2) is 8.78 Å². The number of carbonyl (C=O) groups is 1. The molecule has 1 fully saturated rings. The molecule has 35 heavy (non-hydrogen) atoms. The maximum absolute atomic E-state index is 13.8. The first-order valence-electron chi connectivity index (χ1n) is 11.9. The lowest BCUT2D eigenvalue weighted by Crippen LogP contribution is -2.36. The molecular weight excluding hydrogens is 470 g/mol. The van der Waals surface area contributed by atoms with Crippen LogP contribution in [0.4, 0.5) is 8.78 Å². The minimum Gasteiger partial charge on any atom is -0.387 e. The summed E-state index contributed by atoms with van der Waals surface area (Å²) in [5.41, 5.74) is 5.02. The average Bonchev–Trinajstić information content (AvgIpc) is 3.05. The second kappa shape index (κ2) is 11.8. The molecule has 2 atom stereocenters. The van der Waals surface area contributed by atoms with E-state index >= 15 is 0 Å². The van der Waals surface area contributed by atoms with Crippen molar-refractivity contribution < 1.29 is 18.7 Å². The number of rotatable bonds is 7. The van der Waals surface area contributed by atoms with E-state index in [0.29, 0.717) is 18.0 Å². The molecule has 7 heteroatoms. The standard InChI is InChI=1S/C28H29ClF2N2O2/c29-25-15-20(21-4-2-1-3-18(21)11-14-33-28(35)17-34)5-8-23(25)24-16-32-13-12-22(24)19-6-9-26(30)27(31)10-7-19/h1-9,15,22,24,32,34H,10-14,16-17H2,(H,33,35)/t22-,24+/m1/s1. The summed E-state index contributed by atoms with van der Waals surface area (Å²) in [4.78, 5) is 11.4. The van der Waals surface area contributed by atoms with Crippen LogP contribution in [0.1, 0.15) is 29.9 Å². The fourth-order valence-corrected chi connectivity index (χ4v) is 5.22. The SMILES string of the molecule is O=C(CO)NCCc1ccccc1-c1ccc([C@H]2CNCC[C@@H]2C2=CCC(F)=C(F)C=C2)c(Cl)c1. The number of benzene rings is 2. The van der Waals surface area contributed by atoms with Crippen LogP contribution in [0.3, 0.4) is 0 Å². The summed E-state index contributed by atoms with van der Waals surface area (Å²) >= 11 is 6.83. The van der Waals surface area contributed by atoms with Crippen LogP contribution in [-0.4, -0.2) is 37.3 Å². The number of amides is 1. The van der Waals surface area contributed by atoms with Gasteiger partial charge in [0.1, 0.15) is 12.4 Å². The van der Waals surface area contributed by atoms with Gasteiger partial charge in [-0.15, -0.1) is 0 Å². The van der Waals surface area contributed by atoms with E-state index in [1.165, 1.54) is 6.08 Å². The maximum Gasteiger partial charge on any atom is 0.245 e. The van der Waals surface area contributed by atoms with E-state index < -0.39 is 24.2 Å². The summed E-state index contributed by atoms with van der Waals surface area (Å²) in [6.07, 6.45) is 6.14. The van der Waals surface area contributed by atoms with Crippen molar-refractivity contribution in [1.29, 1.82) is 0 Å². The smallest absolute Gasteiger partial charge is 0.245 e. The molecular formula is C28H29ClF2N2O2. The number of hydrogen-bond donors (Lipinski definition) is 3. The van der Waals surface area contributed by atoms with Crippen molar-refractivity contribution in [1.82, 2.24) is 10.6 Å². The molecule has 1 aliphatic heterocycles. The fraction of sp³-hybridized carbons (Fsp3) is 0.321. The summed E-state index contributed by atoms with van der Waals surface area (Å²) in [6, 6.07) is 14.0. The van der Waals surface area contributed by atoms with Gasteiger partial charge in [0.25, 0.3) is 0 Å². The molecule has 4 nitrogen and oxygen atoms in total. The van der Waals surface area contributed by atoms with Gasteiger partial charge in [-0.05, 0) is 65.3 Å². The van der Waals surface area contributed by atoms with Crippen LogP contribution in [0.15, 0.2) is 77.9 Å². The molecule has 2 aromatic carbocycles. The Bertz CT molecular complexity index is 1180. The van der Waals surface area contributed by atoms with Gasteiger partial charge in [0.15, 0.2) is 5.83 Å². The lowest BCUT2D eigenvalue weighted by molar-refractivity contribution is -0.123. The average molecular weight is 499 g/mol. The Labute approximate surface area is 209 Å². The number of carbonyl (C=O) groups excluding carboxylic acids is 1. The minimum atomic E-state index is -0.807. The third-order valence-corrected chi connectivity index (χ3v) is 7.02. The van der Waals surface area contributed by atoms with Crippen molar-refractivity contribution in [2.75, 3.05) is 26.2 Å². The van der Waals surface area contributed by atoms with Gasteiger partial charge in [0, 0.05) is 30.5 Å². The second-order valence-electron chi connectivity index (χ2n) is 8.85. The first kappa shape index (κ1) is 25.3. The quantitative estimate of drug-likeness (QED) is 0.480. The number of aliphatic hydroxyl groups is 1. The normalized spacial score (nSPS) is 20.4. The summed E-state index contributed by atoms with van der Waals surface area (Å²) in [5.74, 6) is -1.76. The van der Waals surface area contributed by atoms with E-state index in [2.05, 4.69) is 16.7 Å². The topological polar surface area (TPSA) is 61.4 Å². The molecule has 0 unspecified atom stereocenters. The molecule has 4 rings (SSSR count). The molecule has 1 amide bonds. The predicted molar refractivity (Wildman–Crippen MR) is 135 cm³/mol. The van der Waals surface area contributed by atoms with Crippen molar-refractivity contribution in [3.63, 3.8) is 0 Å². The molecule has 2 aromatic rings. The summed E-state index contributed by atoms with van der Waals surface area (Å²) in [5, 5.41) is 15.7. The third-order valence-electron chi connectivity index (χ3n) is 6.70. The van der Waals surface area contributed by atoms with Gasteiger partial charge in [0.2, 0.25) is 5.91 Å². The van der Waals surface area contributed by atoms with Crippen molar-refractivity contribution >= 4 is 17.5 Å². The molecule has 2 aliphatic rings. The Hall–Kier alpha value is -2.80. The Morgan fingerprint density at radius 3 is 2.77 bits per heavy atom. The maximum atomic E-state index is 13.8. The van der Waals surface area contributed by atoms with E-state index in [1.807, 2.05) is 36.4 Å². The van der Waals surface area contributed by atoms with E-state index in [1.54, 1.807) is 12.2 Å². The molecule has 0 spiro atoms. The zero-order valence-electron chi connectivity index (χ0n) is 19.4. The van der Waals surface area contributed by atoms with E-state index in [-0.39, 0.29) is 18.3 Å². The van der Waals surface area contributed by atoms with Gasteiger partial charge in [-0.3, -0.25) is 4.79 Å². The highest BCUT2D eigenvalue weighted by molar-refractivity contribution is 6.31. The molecule has 0 radical (unpaired) electrons. The van der Waals surface area contributed by atoms with Crippen molar-refractivity contribution in [2.24, 2.45) is 5.92 Å². The minimum absolute atomic E-state index is 0.0347. The molecule has 1 aliphatic carbocycles. The number of nitrogens with one attached hydrogen (secondary N) is 2. The van der Waals surface area contributed by atoms with Crippen molar-refractivity contribution in [2.45, 2.75) is 25.2 Å². The van der Waals surface area contributed by atoms with Crippen LogP contribution in [0.2, 0.25) is 5.02 Å². The van der Waals surface area contributed by atoms with E-state index in [9.17, 15) is 13.6 Å². The molecule has 0 saturated carbocycles. The lowest BCUT2D eigenvalue weighted by Gasteiger charge is -2.34. The van der Waals surface area contributed by atoms with Gasteiger partial charge >= 0.3 is 0 Å². The Kier molecular flexibility index (Phi) is 8.50. The van der Waals surface area contributed by atoms with Crippen LogP contribution < -0.4 is 10.6 Å². The van der Waals surface area contributed by atoms with Gasteiger partial charge in [-0.2, -0.15) is 0 Å². The predicted octanol–water partition coefficient (Wildman–Crippen LogP) is 5.39. The summed E-state index contributed by atoms with van der Waals surface area (Å²) in [6.45, 7) is 1.47. The first-order valence-corrected chi connectivity index (χ1v) is 12.2. The monoisotopic (exact) mass is 498 g/mol. The van der Waals surface area contributed by atoms with Gasteiger partial charge < -0.3 is 15.7 Å². The summed E-state index contributed by atoms with van der Waals surface area (Å²) in [7, 11) is 0. The number of halogens is 3. The Morgan fingerprint density at radius 1 is 1.14 bits per heavy atom. The highest BCUT2D eigenvalue weighted by Crippen LogP contribution is 2.41. The lowest BCUT2D eigenvalue weighted by atomic mass is 9.76. The van der Waals surface area contributed by atoms with Crippen LogP contribution in [0, 0.1) is 5.92 Å². The Morgan fingerprint density at radius 2 is 1.97 bits per heavy atom. The Balaban J connectivity index is 1.57. The highest BCUT2D eigenvalue weighted by Gasteiger charge is 2.30. The van der Waals surface area contributed by atoms with E-state index in [0.717, 1.165) is 47.3 Å². The molecule has 0 bridgehead atoms. The first-order chi connectivity index (χ1) is 17.0. The van der Waals surface area contributed by atoms with Crippen LogP contribution >= 0.6 is 11.6 Å². The van der Waals surface area contributed by atoms with Crippen LogP contribution in [0.25, 0.3) is 11.1 Å². The highest BCUT2D eigenvalue weighted by atomic mass is 35.5. The number of piperidine rings is 1. The van der Waals surface area contributed by atoms with E-state index in [4.69, 9.17) is 16.7 Å². The molecule has 184 valence electrons. The molecule has 3 N–H and O–H groups in total. The zero-order chi connectivity index (χ0) is 24.8. The molecule has 1 heterocycles. The third kappa shape index (κ3) is 6.07. The van der Waals surface area contributed by atoms with Gasteiger partial charge in [-0.1, -0.05) is 60.2 Å². The van der Waals surface area contributed by atoms with Crippen molar-refractivity contribution in [3.8, 4) is 11.1 Å². The van der Waals surface area contributed by atoms with Crippen LogP contribution in [0.5, 0.6) is 0 Å².